The number of amides is 1. The van der Waals surface area contributed by atoms with E-state index in [4.69, 9.17) is 9.39 Å². The summed E-state index contributed by atoms with van der Waals surface area (Å²) in [6.07, 6.45) is 0.567. The normalized spacial score (nSPS) is 13.9. The predicted octanol–water partition coefficient (Wildman–Crippen LogP) is 1.96. The van der Waals surface area contributed by atoms with E-state index in [1.54, 1.807) is 12.1 Å². The van der Waals surface area contributed by atoms with Crippen LogP contribution in [0, 0.1) is 5.92 Å². The van der Waals surface area contributed by atoms with E-state index >= 15 is 0 Å². The molecular weight excluding hydrogens is 369 g/mol. The summed E-state index contributed by atoms with van der Waals surface area (Å²) < 4.78 is 10.7. The van der Waals surface area contributed by atoms with Crippen molar-refractivity contribution in [2.75, 3.05) is 0 Å². The molecule has 0 aromatic heterocycles. The van der Waals surface area contributed by atoms with Crippen LogP contribution in [0.5, 0.6) is 0 Å². The Kier molecular flexibility index (Phi) is 6.72. The minimum absolute atomic E-state index is 0.143. The molecule has 0 saturated carbocycles. The fraction of sp³-hybridized carbons (Fsp3) is 0.364. The van der Waals surface area contributed by atoms with Crippen molar-refractivity contribution in [3.8, 4) is 0 Å². The van der Waals surface area contributed by atoms with E-state index in [-0.39, 0.29) is 18.4 Å². The molecular formula is C22H26BNO5. The number of hydrogen-bond donors (Lipinski definition) is 2. The standard InChI is InChI=1S/C22H26BNO5/c1-4-17-18(11-10-16-13-29-23(27)19(16)17)21(25)24-20(14(2)3)22(26)28-12-15-8-6-5-7-9-15/h5-11,14,20,27H,4,12-13H2,1-3H3,(H,24,25). The topological polar surface area (TPSA) is 84.9 Å². The summed E-state index contributed by atoms with van der Waals surface area (Å²) in [7, 11) is -1.02. The van der Waals surface area contributed by atoms with Crippen molar-refractivity contribution >= 4 is 24.5 Å². The lowest BCUT2D eigenvalue weighted by Gasteiger charge is -2.22. The lowest BCUT2D eigenvalue weighted by atomic mass is 9.74. The van der Waals surface area contributed by atoms with Gasteiger partial charge in [-0.05, 0) is 40.6 Å². The molecule has 0 radical (unpaired) electrons. The molecule has 2 N–H and O–H groups in total. The zero-order chi connectivity index (χ0) is 21.0. The number of nitrogens with one attached hydrogen (secondary N) is 1. The first-order valence-electron chi connectivity index (χ1n) is 9.88. The fourth-order valence-electron chi connectivity index (χ4n) is 3.53. The maximum Gasteiger partial charge on any atom is 0.492 e. The fourth-order valence-corrected chi connectivity index (χ4v) is 3.53. The van der Waals surface area contributed by atoms with Crippen LogP contribution in [0.4, 0.5) is 0 Å². The van der Waals surface area contributed by atoms with Crippen LogP contribution >= 0.6 is 0 Å². The van der Waals surface area contributed by atoms with Gasteiger partial charge in [0.15, 0.2) is 0 Å². The molecule has 0 aliphatic carbocycles. The summed E-state index contributed by atoms with van der Waals surface area (Å²) in [4.78, 5) is 25.6. The number of esters is 1. The van der Waals surface area contributed by atoms with Gasteiger partial charge in [0, 0.05) is 5.56 Å². The molecule has 152 valence electrons. The Bertz CT molecular complexity index is 884. The van der Waals surface area contributed by atoms with Crippen molar-refractivity contribution in [3.63, 3.8) is 0 Å². The Balaban J connectivity index is 1.75. The molecule has 29 heavy (non-hydrogen) atoms. The maximum atomic E-state index is 13.0. The second-order valence-corrected chi connectivity index (χ2v) is 7.47. The highest BCUT2D eigenvalue weighted by atomic mass is 16.5. The Hall–Kier alpha value is -2.64. The van der Waals surface area contributed by atoms with Gasteiger partial charge in [-0.25, -0.2) is 4.79 Å². The van der Waals surface area contributed by atoms with Gasteiger partial charge in [-0.1, -0.05) is 57.2 Å². The van der Waals surface area contributed by atoms with Crippen molar-refractivity contribution < 1.29 is 24.0 Å². The van der Waals surface area contributed by atoms with E-state index < -0.39 is 19.1 Å². The van der Waals surface area contributed by atoms with Gasteiger partial charge >= 0.3 is 13.1 Å². The Labute approximate surface area is 171 Å². The van der Waals surface area contributed by atoms with Gasteiger partial charge in [0.2, 0.25) is 0 Å². The van der Waals surface area contributed by atoms with E-state index in [1.165, 1.54) is 0 Å². The van der Waals surface area contributed by atoms with Crippen LogP contribution in [-0.2, 0) is 33.8 Å². The molecule has 1 amide bonds. The van der Waals surface area contributed by atoms with Gasteiger partial charge in [-0.3, -0.25) is 4.79 Å². The maximum absolute atomic E-state index is 13.0. The quantitative estimate of drug-likeness (QED) is 0.553. The van der Waals surface area contributed by atoms with Crippen LogP contribution in [0.2, 0.25) is 0 Å². The van der Waals surface area contributed by atoms with Crippen LogP contribution in [0.25, 0.3) is 0 Å². The van der Waals surface area contributed by atoms with Crippen LogP contribution in [0.3, 0.4) is 0 Å². The third-order valence-electron chi connectivity index (χ3n) is 5.12. The molecule has 0 bridgehead atoms. The SMILES string of the molecule is CCc1c(C(=O)NC(C(=O)OCc2ccccc2)C(C)C)ccc2c1B(O)OC2. The Morgan fingerprint density at radius 3 is 2.59 bits per heavy atom. The van der Waals surface area contributed by atoms with Crippen molar-refractivity contribution in [3.05, 3.63) is 64.7 Å². The zero-order valence-electron chi connectivity index (χ0n) is 17.0. The summed E-state index contributed by atoms with van der Waals surface area (Å²) in [5.74, 6) is -0.977. The summed E-state index contributed by atoms with van der Waals surface area (Å²) in [5, 5.41) is 12.9. The molecule has 7 heteroatoms. The minimum atomic E-state index is -1.02. The highest BCUT2D eigenvalue weighted by Crippen LogP contribution is 2.18. The third kappa shape index (κ3) is 4.69. The second kappa shape index (κ2) is 9.24. The summed E-state index contributed by atoms with van der Waals surface area (Å²) in [6.45, 7) is 6.12. The molecule has 1 aliphatic heterocycles. The molecule has 1 unspecified atom stereocenters. The number of rotatable bonds is 7. The van der Waals surface area contributed by atoms with Gasteiger partial charge in [0.25, 0.3) is 5.91 Å². The van der Waals surface area contributed by atoms with Crippen LogP contribution in [-0.4, -0.2) is 30.1 Å². The molecule has 1 aliphatic rings. The van der Waals surface area contributed by atoms with Crippen molar-refractivity contribution in [2.24, 2.45) is 5.92 Å². The summed E-state index contributed by atoms with van der Waals surface area (Å²) in [5.41, 5.74) is 3.61. The van der Waals surface area contributed by atoms with Crippen LogP contribution < -0.4 is 10.8 Å². The van der Waals surface area contributed by atoms with Gasteiger partial charge in [0.1, 0.15) is 12.6 Å². The molecule has 0 spiro atoms. The average Bonchev–Trinajstić information content (AvgIpc) is 3.11. The first-order valence-corrected chi connectivity index (χ1v) is 9.88. The van der Waals surface area contributed by atoms with E-state index in [2.05, 4.69) is 5.32 Å². The molecule has 0 saturated heterocycles. The number of hydrogen-bond acceptors (Lipinski definition) is 5. The number of carbonyl (C=O) groups excluding carboxylic acids is 2. The van der Waals surface area contributed by atoms with Crippen molar-refractivity contribution in [2.45, 2.75) is 46.4 Å². The molecule has 3 rings (SSSR count). The first kappa shape index (κ1) is 21.1. The molecule has 0 fully saturated rings. The van der Waals surface area contributed by atoms with E-state index in [9.17, 15) is 14.6 Å². The molecule has 1 atom stereocenters. The van der Waals surface area contributed by atoms with Crippen molar-refractivity contribution in [1.29, 1.82) is 0 Å². The smallest absolute Gasteiger partial charge is 0.459 e. The average molecular weight is 395 g/mol. The number of fused-ring (bicyclic) bond motifs is 1. The highest BCUT2D eigenvalue weighted by molar-refractivity contribution is 6.62. The number of ether oxygens (including phenoxy) is 1. The Morgan fingerprint density at radius 2 is 1.93 bits per heavy atom. The molecule has 2 aromatic carbocycles. The van der Waals surface area contributed by atoms with Crippen LogP contribution in [0.15, 0.2) is 42.5 Å². The van der Waals surface area contributed by atoms with E-state index in [0.717, 1.165) is 16.7 Å². The third-order valence-corrected chi connectivity index (χ3v) is 5.12. The molecule has 1 heterocycles. The summed E-state index contributed by atoms with van der Waals surface area (Å²) >= 11 is 0. The number of carbonyl (C=O) groups is 2. The van der Waals surface area contributed by atoms with Crippen molar-refractivity contribution in [1.82, 2.24) is 5.32 Å². The highest BCUT2D eigenvalue weighted by Gasteiger charge is 2.33. The second-order valence-electron chi connectivity index (χ2n) is 7.47. The van der Waals surface area contributed by atoms with Gasteiger partial charge < -0.3 is 19.7 Å². The summed E-state index contributed by atoms with van der Waals surface area (Å²) in [6, 6.07) is 12.1. The number of benzene rings is 2. The van der Waals surface area contributed by atoms with E-state index in [1.807, 2.05) is 51.1 Å². The lowest BCUT2D eigenvalue weighted by Crippen LogP contribution is -2.46. The zero-order valence-corrected chi connectivity index (χ0v) is 17.0. The van der Waals surface area contributed by atoms with Gasteiger partial charge in [0.05, 0.1) is 6.61 Å². The van der Waals surface area contributed by atoms with Gasteiger partial charge in [-0.2, -0.15) is 0 Å². The monoisotopic (exact) mass is 395 g/mol. The first-order chi connectivity index (χ1) is 13.9. The van der Waals surface area contributed by atoms with Gasteiger partial charge in [-0.15, -0.1) is 0 Å². The lowest BCUT2D eigenvalue weighted by molar-refractivity contribution is -0.148. The largest absolute Gasteiger partial charge is 0.492 e. The minimum Gasteiger partial charge on any atom is -0.459 e. The van der Waals surface area contributed by atoms with E-state index in [0.29, 0.717) is 24.1 Å². The van der Waals surface area contributed by atoms with Crippen LogP contribution in [0.1, 0.15) is 47.8 Å². The molecule has 6 nitrogen and oxygen atoms in total. The molecule has 2 aromatic rings. The Morgan fingerprint density at radius 1 is 1.21 bits per heavy atom. The predicted molar refractivity (Wildman–Crippen MR) is 111 cm³/mol.